The van der Waals surface area contributed by atoms with Crippen molar-refractivity contribution in [2.75, 3.05) is 0 Å². The average molecular weight is 283 g/mol. The maximum Gasteiger partial charge on any atom is 0.494 e. The van der Waals surface area contributed by atoms with Crippen LogP contribution in [0, 0.1) is 5.82 Å². The van der Waals surface area contributed by atoms with Crippen LogP contribution in [0.25, 0.3) is 5.47 Å². The molecular formula is C14H17BClFO2. The smallest absolute Gasteiger partial charge is 0.399 e. The molecule has 0 aliphatic carbocycles. The van der Waals surface area contributed by atoms with Crippen LogP contribution in [0.5, 0.6) is 0 Å². The van der Waals surface area contributed by atoms with Crippen molar-refractivity contribution in [3.05, 3.63) is 41.2 Å². The number of halogens is 2. The Morgan fingerprint density at radius 2 is 1.74 bits per heavy atom. The van der Waals surface area contributed by atoms with Crippen LogP contribution in [-0.4, -0.2) is 18.3 Å². The van der Waals surface area contributed by atoms with Crippen LogP contribution in [0.4, 0.5) is 4.39 Å². The minimum Gasteiger partial charge on any atom is -0.399 e. The van der Waals surface area contributed by atoms with Gasteiger partial charge in [-0.2, -0.15) is 0 Å². The normalized spacial score (nSPS) is 20.6. The summed E-state index contributed by atoms with van der Waals surface area (Å²) in [5, 5.41) is 0.432. The molecule has 1 heterocycles. The molecule has 1 fully saturated rings. The quantitative estimate of drug-likeness (QED) is 0.760. The molecule has 0 amide bonds. The predicted molar refractivity (Wildman–Crippen MR) is 76.5 cm³/mol. The van der Waals surface area contributed by atoms with Gasteiger partial charge in [0.05, 0.1) is 11.2 Å². The summed E-state index contributed by atoms with van der Waals surface area (Å²) in [7, 11) is -0.621. The fourth-order valence-electron chi connectivity index (χ4n) is 1.86. The largest absolute Gasteiger partial charge is 0.494 e. The van der Waals surface area contributed by atoms with Gasteiger partial charge in [-0.15, -0.1) is 0 Å². The zero-order chi connectivity index (χ0) is 14.4. The summed E-state index contributed by atoms with van der Waals surface area (Å²) >= 11 is 6.07. The molecule has 1 aromatic rings. The van der Waals surface area contributed by atoms with Crippen molar-refractivity contribution in [3.63, 3.8) is 0 Å². The molecule has 0 N–H and O–H groups in total. The van der Waals surface area contributed by atoms with Crippen LogP contribution in [0.2, 0.25) is 5.02 Å². The Kier molecular flexibility index (Phi) is 3.54. The molecule has 0 unspecified atom stereocenters. The second kappa shape index (κ2) is 4.62. The molecule has 5 heteroatoms. The first-order valence-electron chi connectivity index (χ1n) is 6.14. The number of hydrogen-bond acceptors (Lipinski definition) is 2. The maximum absolute atomic E-state index is 13.3. The van der Waals surface area contributed by atoms with Crippen molar-refractivity contribution in [1.82, 2.24) is 0 Å². The molecule has 102 valence electrons. The zero-order valence-corrected chi connectivity index (χ0v) is 12.3. The van der Waals surface area contributed by atoms with E-state index in [4.69, 9.17) is 20.9 Å². The van der Waals surface area contributed by atoms with E-state index >= 15 is 0 Å². The van der Waals surface area contributed by atoms with Gasteiger partial charge >= 0.3 is 7.12 Å². The van der Waals surface area contributed by atoms with Crippen molar-refractivity contribution >= 4 is 24.2 Å². The highest BCUT2D eigenvalue weighted by Crippen LogP contribution is 2.41. The number of benzene rings is 1. The molecule has 1 saturated heterocycles. The van der Waals surface area contributed by atoms with Crippen LogP contribution >= 0.6 is 11.6 Å². The molecule has 0 aromatic heterocycles. The van der Waals surface area contributed by atoms with E-state index in [0.717, 1.165) is 0 Å². The van der Waals surface area contributed by atoms with Gasteiger partial charge in [0.2, 0.25) is 0 Å². The van der Waals surface area contributed by atoms with E-state index in [1.54, 1.807) is 0 Å². The molecule has 0 bridgehead atoms. The van der Waals surface area contributed by atoms with Crippen LogP contribution in [0.3, 0.4) is 0 Å². The minimum atomic E-state index is -0.621. The summed E-state index contributed by atoms with van der Waals surface area (Å²) < 4.78 is 25.1. The van der Waals surface area contributed by atoms with Crippen LogP contribution in [-0.2, 0) is 9.31 Å². The van der Waals surface area contributed by atoms with Gasteiger partial charge in [0.25, 0.3) is 0 Å². The van der Waals surface area contributed by atoms with Gasteiger partial charge < -0.3 is 9.31 Å². The predicted octanol–water partition coefficient (Wildman–Crippen LogP) is 4.12. The van der Waals surface area contributed by atoms with Gasteiger partial charge in [-0.05, 0) is 56.9 Å². The molecule has 0 atom stereocenters. The zero-order valence-electron chi connectivity index (χ0n) is 11.6. The first-order chi connectivity index (χ1) is 8.64. The van der Waals surface area contributed by atoms with E-state index < -0.39 is 18.3 Å². The van der Waals surface area contributed by atoms with Crippen molar-refractivity contribution < 1.29 is 13.7 Å². The summed E-state index contributed by atoms with van der Waals surface area (Å²) in [6.45, 7) is 11.7. The summed E-state index contributed by atoms with van der Waals surface area (Å²) in [5.74, 6) is -0.364. The molecule has 0 radical (unpaired) electrons. The molecular weight excluding hydrogens is 265 g/mol. The van der Waals surface area contributed by atoms with Crippen molar-refractivity contribution in [3.8, 4) is 0 Å². The topological polar surface area (TPSA) is 18.5 Å². The second-order valence-electron chi connectivity index (χ2n) is 5.74. The Hall–Kier alpha value is -0.835. The van der Waals surface area contributed by atoms with Crippen LogP contribution in [0.15, 0.2) is 24.8 Å². The molecule has 2 rings (SSSR count). The third kappa shape index (κ3) is 2.57. The van der Waals surface area contributed by atoms with E-state index in [-0.39, 0.29) is 5.82 Å². The Labute approximate surface area is 118 Å². The van der Waals surface area contributed by atoms with Crippen molar-refractivity contribution in [1.29, 1.82) is 0 Å². The molecule has 1 aliphatic rings. The van der Waals surface area contributed by atoms with Crippen LogP contribution < -0.4 is 0 Å². The first-order valence-corrected chi connectivity index (χ1v) is 6.52. The van der Waals surface area contributed by atoms with E-state index in [1.807, 2.05) is 27.7 Å². The van der Waals surface area contributed by atoms with Crippen LogP contribution in [0.1, 0.15) is 33.3 Å². The Morgan fingerprint density at radius 1 is 1.21 bits per heavy atom. The monoisotopic (exact) mass is 282 g/mol. The highest BCUT2D eigenvalue weighted by molar-refractivity contribution is 6.69. The molecule has 19 heavy (non-hydrogen) atoms. The minimum absolute atomic E-state index is 0.364. The average Bonchev–Trinajstić information content (AvgIpc) is 2.51. The first kappa shape index (κ1) is 14.6. The Balaban J connectivity index is 2.30. The van der Waals surface area contributed by atoms with E-state index in [0.29, 0.717) is 16.1 Å². The van der Waals surface area contributed by atoms with Gasteiger partial charge in [0.1, 0.15) is 5.82 Å². The van der Waals surface area contributed by atoms with E-state index in [9.17, 15) is 4.39 Å². The van der Waals surface area contributed by atoms with Gasteiger partial charge in [0.15, 0.2) is 0 Å². The number of hydrogen-bond donors (Lipinski definition) is 0. The lowest BCUT2D eigenvalue weighted by Gasteiger charge is -2.32. The maximum atomic E-state index is 13.3. The molecule has 0 spiro atoms. The summed E-state index contributed by atoms with van der Waals surface area (Å²) in [6, 6.07) is 4.15. The molecule has 2 nitrogen and oxygen atoms in total. The number of rotatable bonds is 2. The van der Waals surface area contributed by atoms with Gasteiger partial charge in [-0.3, -0.25) is 0 Å². The highest BCUT2D eigenvalue weighted by atomic mass is 35.5. The Morgan fingerprint density at radius 3 is 2.26 bits per heavy atom. The second-order valence-corrected chi connectivity index (χ2v) is 6.14. The van der Waals surface area contributed by atoms with Gasteiger partial charge in [-0.1, -0.05) is 18.2 Å². The Bertz CT molecular complexity index is 512. The highest BCUT2D eigenvalue weighted by Gasteiger charge is 2.52. The van der Waals surface area contributed by atoms with E-state index in [1.165, 1.54) is 18.2 Å². The summed E-state index contributed by atoms with van der Waals surface area (Å²) in [6.07, 6.45) is 0. The fourth-order valence-corrected chi connectivity index (χ4v) is 2.09. The lowest BCUT2D eigenvalue weighted by Crippen LogP contribution is -2.41. The molecule has 0 saturated carbocycles. The summed E-state index contributed by atoms with van der Waals surface area (Å²) in [4.78, 5) is 0. The lowest BCUT2D eigenvalue weighted by atomic mass is 9.75. The molecule has 1 aromatic carbocycles. The SMILES string of the molecule is C=C(B1OC(C)(C)C(C)(C)O1)c1cc(F)ccc1Cl. The lowest BCUT2D eigenvalue weighted by molar-refractivity contribution is 0.00578. The fraction of sp³-hybridized carbons (Fsp3) is 0.429. The summed E-state index contributed by atoms with van der Waals surface area (Å²) in [5.41, 5.74) is 0.129. The third-order valence-corrected chi connectivity index (χ3v) is 4.14. The molecule has 1 aliphatic heterocycles. The van der Waals surface area contributed by atoms with Gasteiger partial charge in [0, 0.05) is 5.02 Å². The third-order valence-electron chi connectivity index (χ3n) is 3.81. The van der Waals surface area contributed by atoms with Crippen molar-refractivity contribution in [2.24, 2.45) is 0 Å². The standard InChI is InChI=1S/C14H17BClFO2/c1-9(11-8-10(17)6-7-12(11)16)15-18-13(2,3)14(4,5)19-15/h6-8H,1H2,2-5H3. The van der Waals surface area contributed by atoms with Gasteiger partial charge in [-0.25, -0.2) is 4.39 Å². The van der Waals surface area contributed by atoms with E-state index in [2.05, 4.69) is 6.58 Å². The van der Waals surface area contributed by atoms with Crippen molar-refractivity contribution in [2.45, 2.75) is 38.9 Å².